The predicted octanol–water partition coefficient (Wildman–Crippen LogP) is 2.75. The molecular weight excluding hydrogens is 334 g/mol. The molecule has 1 aromatic carbocycles. The molecule has 26 heavy (non-hydrogen) atoms. The maximum absolute atomic E-state index is 11.4. The fourth-order valence-corrected chi connectivity index (χ4v) is 2.74. The fourth-order valence-electron chi connectivity index (χ4n) is 2.74. The summed E-state index contributed by atoms with van der Waals surface area (Å²) in [7, 11) is 1.22. The summed E-state index contributed by atoms with van der Waals surface area (Å²) in [5.74, 6) is 0.171. The van der Waals surface area contributed by atoms with Crippen LogP contribution in [0.15, 0.2) is 24.4 Å². The van der Waals surface area contributed by atoms with E-state index in [4.69, 9.17) is 6.57 Å². The standard InChI is InChI=1S/C17H9N7O2/c1-21-13-7-24-14-5-10(22-16(25)26-2)3-4-12(14)17(8-19,9-20)23-15(24)11(13)6-18/h3-5,7,23H,2H3,(H,22,25). The van der Waals surface area contributed by atoms with Crippen LogP contribution in [0.1, 0.15) is 11.1 Å². The van der Waals surface area contributed by atoms with Crippen molar-refractivity contribution in [1.82, 2.24) is 4.57 Å². The number of methoxy groups -OCH3 is 1. The van der Waals surface area contributed by atoms with E-state index in [1.165, 1.54) is 36.1 Å². The Hall–Kier alpha value is -4.47. The number of carbonyl (C=O) groups excluding carboxylic acids is 1. The third-order valence-electron chi connectivity index (χ3n) is 3.95. The Balaban J connectivity index is 2.31. The molecule has 2 aromatic rings. The minimum absolute atomic E-state index is 0.0341. The summed E-state index contributed by atoms with van der Waals surface area (Å²) in [6, 6.07) is 10.4. The predicted molar refractivity (Wildman–Crippen MR) is 89.3 cm³/mol. The molecule has 0 saturated heterocycles. The topological polar surface area (TPSA) is 131 Å². The number of hydrogen-bond donors (Lipinski definition) is 2. The van der Waals surface area contributed by atoms with Crippen molar-refractivity contribution < 1.29 is 9.53 Å². The van der Waals surface area contributed by atoms with E-state index in [1.54, 1.807) is 0 Å². The van der Waals surface area contributed by atoms with Crippen molar-refractivity contribution in [2.24, 2.45) is 0 Å². The van der Waals surface area contributed by atoms with Gasteiger partial charge in [0.05, 0.1) is 25.4 Å². The van der Waals surface area contributed by atoms with Crippen LogP contribution in [-0.4, -0.2) is 17.8 Å². The number of aromatic nitrogens is 1. The lowest BCUT2D eigenvalue weighted by atomic mass is 9.89. The van der Waals surface area contributed by atoms with Crippen molar-refractivity contribution in [3.05, 3.63) is 46.9 Å². The third kappa shape index (κ3) is 2.17. The van der Waals surface area contributed by atoms with Gasteiger partial charge >= 0.3 is 6.09 Å². The second kappa shape index (κ2) is 5.87. The molecule has 9 heteroatoms. The first-order valence-electron chi connectivity index (χ1n) is 7.17. The van der Waals surface area contributed by atoms with Gasteiger partial charge in [-0.3, -0.25) is 5.32 Å². The second-order valence-electron chi connectivity index (χ2n) is 5.28. The molecule has 1 amide bonds. The molecule has 0 spiro atoms. The Bertz CT molecular complexity index is 1090. The van der Waals surface area contributed by atoms with Gasteiger partial charge in [0.15, 0.2) is 0 Å². The van der Waals surface area contributed by atoms with Crippen LogP contribution < -0.4 is 10.6 Å². The van der Waals surface area contributed by atoms with Crippen LogP contribution in [0.25, 0.3) is 10.5 Å². The Kier molecular flexibility index (Phi) is 3.70. The number of benzene rings is 1. The highest BCUT2D eigenvalue weighted by atomic mass is 16.5. The van der Waals surface area contributed by atoms with Gasteiger partial charge in [-0.15, -0.1) is 0 Å². The van der Waals surface area contributed by atoms with Crippen molar-refractivity contribution in [2.45, 2.75) is 5.54 Å². The Morgan fingerprint density at radius 1 is 1.38 bits per heavy atom. The van der Waals surface area contributed by atoms with Crippen LogP contribution in [-0.2, 0) is 10.3 Å². The summed E-state index contributed by atoms with van der Waals surface area (Å²) in [4.78, 5) is 14.8. The molecular formula is C17H9N7O2. The Morgan fingerprint density at radius 2 is 2.12 bits per heavy atom. The highest BCUT2D eigenvalue weighted by Crippen LogP contribution is 2.43. The average Bonchev–Trinajstić information content (AvgIpc) is 3.04. The summed E-state index contributed by atoms with van der Waals surface area (Å²) in [6.45, 7) is 7.23. The van der Waals surface area contributed by atoms with Crippen molar-refractivity contribution in [2.75, 3.05) is 17.7 Å². The van der Waals surface area contributed by atoms with Gasteiger partial charge in [0.2, 0.25) is 11.2 Å². The number of nitrogens with zero attached hydrogens (tertiary/aromatic N) is 5. The second-order valence-corrected chi connectivity index (χ2v) is 5.28. The number of ether oxygens (including phenoxy) is 1. The maximum Gasteiger partial charge on any atom is 0.411 e. The molecule has 3 rings (SSSR count). The smallest absolute Gasteiger partial charge is 0.411 e. The van der Waals surface area contributed by atoms with E-state index >= 15 is 0 Å². The summed E-state index contributed by atoms with van der Waals surface area (Å²) in [5, 5.41) is 33.9. The Morgan fingerprint density at radius 3 is 2.69 bits per heavy atom. The SMILES string of the molecule is [C-]#[N+]c1cn2c(c1C#N)NC(C#N)(C#N)c1ccc(NC(=O)OC)cc1-2. The van der Waals surface area contributed by atoms with Gasteiger partial charge in [-0.2, -0.15) is 15.8 Å². The van der Waals surface area contributed by atoms with Crippen LogP contribution in [0, 0.1) is 40.6 Å². The van der Waals surface area contributed by atoms with E-state index in [-0.39, 0.29) is 17.1 Å². The molecule has 2 N–H and O–H groups in total. The number of carbonyl (C=O) groups is 1. The molecule has 0 fully saturated rings. The van der Waals surface area contributed by atoms with Crippen LogP contribution in [0.5, 0.6) is 0 Å². The van der Waals surface area contributed by atoms with Crippen molar-refractivity contribution >= 4 is 23.3 Å². The first kappa shape index (κ1) is 16.4. The molecule has 2 heterocycles. The normalized spacial score (nSPS) is 12.7. The zero-order chi connectivity index (χ0) is 18.9. The Labute approximate surface area is 148 Å². The first-order chi connectivity index (χ1) is 12.5. The van der Waals surface area contributed by atoms with Gasteiger partial charge in [-0.25, -0.2) is 9.64 Å². The number of nitrogens with one attached hydrogen (secondary N) is 2. The molecule has 0 saturated carbocycles. The monoisotopic (exact) mass is 343 g/mol. The van der Waals surface area contributed by atoms with Crippen molar-refractivity contribution in [3.8, 4) is 23.9 Å². The van der Waals surface area contributed by atoms with E-state index in [9.17, 15) is 20.6 Å². The molecule has 0 radical (unpaired) electrons. The average molecular weight is 343 g/mol. The molecule has 0 atom stereocenters. The van der Waals surface area contributed by atoms with Crippen LogP contribution in [0.3, 0.4) is 0 Å². The van der Waals surface area contributed by atoms with Crippen LogP contribution >= 0.6 is 0 Å². The largest absolute Gasteiger partial charge is 0.453 e. The lowest BCUT2D eigenvalue weighted by Gasteiger charge is -2.31. The van der Waals surface area contributed by atoms with Gasteiger partial charge < -0.3 is 14.6 Å². The molecule has 0 bridgehead atoms. The highest BCUT2D eigenvalue weighted by molar-refractivity contribution is 5.86. The molecule has 124 valence electrons. The molecule has 1 aliphatic heterocycles. The quantitative estimate of drug-likeness (QED) is 0.765. The zero-order valence-electron chi connectivity index (χ0n) is 13.4. The fraction of sp³-hybridized carbons (Fsp3) is 0.118. The number of fused-ring (bicyclic) bond motifs is 3. The molecule has 9 nitrogen and oxygen atoms in total. The molecule has 0 aliphatic carbocycles. The molecule has 1 aliphatic rings. The van der Waals surface area contributed by atoms with Gasteiger partial charge in [-0.1, -0.05) is 6.07 Å². The van der Waals surface area contributed by atoms with E-state index in [1.807, 2.05) is 18.2 Å². The van der Waals surface area contributed by atoms with Crippen molar-refractivity contribution in [1.29, 1.82) is 15.8 Å². The number of rotatable bonds is 1. The zero-order valence-corrected chi connectivity index (χ0v) is 13.4. The van der Waals surface area contributed by atoms with Gasteiger partial charge in [0.1, 0.15) is 23.5 Å². The summed E-state index contributed by atoms with van der Waals surface area (Å²) >= 11 is 0. The minimum Gasteiger partial charge on any atom is -0.453 e. The summed E-state index contributed by atoms with van der Waals surface area (Å²) in [6.07, 6.45) is 0.755. The van der Waals surface area contributed by atoms with E-state index < -0.39 is 11.6 Å². The van der Waals surface area contributed by atoms with Gasteiger partial charge in [0.25, 0.3) is 0 Å². The third-order valence-corrected chi connectivity index (χ3v) is 3.95. The molecule has 1 aromatic heterocycles. The number of hydrogen-bond acceptors (Lipinski definition) is 6. The minimum atomic E-state index is -1.74. The van der Waals surface area contributed by atoms with Gasteiger partial charge in [-0.05, 0) is 12.1 Å². The lowest BCUT2D eigenvalue weighted by molar-refractivity contribution is 0.187. The summed E-state index contributed by atoms with van der Waals surface area (Å²) in [5.41, 5.74) is -0.530. The first-order valence-corrected chi connectivity index (χ1v) is 7.17. The van der Waals surface area contributed by atoms with E-state index in [0.717, 1.165) is 0 Å². The maximum atomic E-state index is 11.4. The van der Waals surface area contributed by atoms with Gasteiger partial charge in [0, 0.05) is 17.4 Å². The van der Waals surface area contributed by atoms with E-state index in [0.29, 0.717) is 16.9 Å². The number of amides is 1. The van der Waals surface area contributed by atoms with Crippen molar-refractivity contribution in [3.63, 3.8) is 0 Å². The number of nitriles is 3. The highest BCUT2D eigenvalue weighted by Gasteiger charge is 2.41. The van der Waals surface area contributed by atoms with Crippen LogP contribution in [0.2, 0.25) is 0 Å². The van der Waals surface area contributed by atoms with E-state index in [2.05, 4.69) is 20.2 Å². The summed E-state index contributed by atoms with van der Waals surface area (Å²) < 4.78 is 6.06. The number of anilines is 2. The van der Waals surface area contributed by atoms with Crippen LogP contribution in [0.4, 0.5) is 22.0 Å². The lowest BCUT2D eigenvalue weighted by Crippen LogP contribution is -2.37. The molecule has 0 unspecified atom stereocenters.